The molecule has 1 saturated carbocycles. The summed E-state index contributed by atoms with van der Waals surface area (Å²) in [6.45, 7) is 12.5. The van der Waals surface area contributed by atoms with Crippen molar-refractivity contribution in [2.24, 2.45) is 22.7 Å². The van der Waals surface area contributed by atoms with Crippen molar-refractivity contribution < 1.29 is 19.4 Å². The Morgan fingerprint density at radius 2 is 1.86 bits per heavy atom. The van der Waals surface area contributed by atoms with E-state index in [4.69, 9.17) is 4.74 Å². The topological polar surface area (TPSA) is 63.6 Å². The lowest BCUT2D eigenvalue weighted by Crippen LogP contribution is -2.43. The van der Waals surface area contributed by atoms with Gasteiger partial charge in [-0.15, -0.1) is 0 Å². The van der Waals surface area contributed by atoms with E-state index < -0.39 is 5.41 Å². The van der Waals surface area contributed by atoms with Gasteiger partial charge in [-0.05, 0) is 36.3 Å². The van der Waals surface area contributed by atoms with E-state index in [-0.39, 0.29) is 34.8 Å². The van der Waals surface area contributed by atoms with Crippen LogP contribution in [-0.2, 0) is 14.3 Å². The molecule has 1 N–H and O–H groups in total. The Kier molecular flexibility index (Phi) is 5.68. The average molecular weight is 399 g/mol. The minimum atomic E-state index is -0.430. The maximum absolute atomic E-state index is 12.8. The summed E-state index contributed by atoms with van der Waals surface area (Å²) in [6.07, 6.45) is 9.23. The summed E-state index contributed by atoms with van der Waals surface area (Å²) in [5, 5.41) is 10.9. The fraction of sp³-hybridized carbons (Fsp3) is 0.600. The summed E-state index contributed by atoms with van der Waals surface area (Å²) in [6, 6.07) is 0. The zero-order valence-electron chi connectivity index (χ0n) is 18.6. The van der Waals surface area contributed by atoms with Gasteiger partial charge in [0.2, 0.25) is 5.78 Å². The molecule has 0 heterocycles. The molecule has 2 atom stereocenters. The lowest BCUT2D eigenvalue weighted by atomic mass is 9.54. The molecule has 158 valence electrons. The first-order valence-corrected chi connectivity index (χ1v) is 10.8. The summed E-state index contributed by atoms with van der Waals surface area (Å²) in [4.78, 5) is 25.0. The van der Waals surface area contributed by atoms with Crippen LogP contribution >= 0.6 is 0 Å². The normalized spacial score (nSPS) is 29.2. The predicted molar refractivity (Wildman–Crippen MR) is 114 cm³/mol. The number of hydrogen-bond donors (Lipinski definition) is 1. The average Bonchev–Trinajstić information content (AvgIpc) is 2.61. The van der Waals surface area contributed by atoms with Crippen molar-refractivity contribution >= 4 is 11.8 Å². The number of carbonyl (C=O) groups excluding carboxylic acids is 2. The molecule has 4 nitrogen and oxygen atoms in total. The smallest absolute Gasteiger partial charge is 0.306 e. The van der Waals surface area contributed by atoms with Crippen LogP contribution in [0, 0.1) is 22.7 Å². The van der Waals surface area contributed by atoms with Gasteiger partial charge in [0.1, 0.15) is 6.61 Å². The van der Waals surface area contributed by atoms with Crippen LogP contribution in [-0.4, -0.2) is 23.5 Å². The summed E-state index contributed by atoms with van der Waals surface area (Å²) >= 11 is 0. The molecule has 0 aromatic rings. The number of allylic oxidation sites excluding steroid dienone is 6. The zero-order chi connectivity index (χ0) is 21.6. The maximum atomic E-state index is 12.8. The van der Waals surface area contributed by atoms with Gasteiger partial charge in [-0.3, -0.25) is 9.59 Å². The standard InChI is InChI=1S/C25H34O4/c1-15(2)12-20(26)29-14-24(5)10-7-11-25(6)19(24)9-8-17-13-18(16(3)4)22(27)23(28)21(17)25/h8-9,13,15-16,28H,7,10-12,14H2,1-6H3/t24-,25+/m1/s1. The molecule has 0 aromatic carbocycles. The minimum absolute atomic E-state index is 0.0577. The second-order valence-corrected chi connectivity index (χ2v) is 10.0. The molecule has 0 saturated heterocycles. The third-order valence-corrected chi connectivity index (χ3v) is 6.69. The first-order chi connectivity index (χ1) is 13.5. The van der Waals surface area contributed by atoms with Gasteiger partial charge in [0.05, 0.1) is 0 Å². The third-order valence-electron chi connectivity index (χ3n) is 6.69. The van der Waals surface area contributed by atoms with Crippen molar-refractivity contribution in [2.45, 2.75) is 67.2 Å². The molecule has 0 bridgehead atoms. The Labute approximate surface area is 174 Å². The fourth-order valence-electron chi connectivity index (χ4n) is 5.20. The number of carbonyl (C=O) groups is 2. The lowest BCUT2D eigenvalue weighted by molar-refractivity contribution is -0.147. The molecule has 0 aromatic heterocycles. The molecule has 3 aliphatic rings. The Morgan fingerprint density at radius 1 is 1.17 bits per heavy atom. The largest absolute Gasteiger partial charge is 0.504 e. The summed E-state index contributed by atoms with van der Waals surface area (Å²) in [5.41, 5.74) is 2.73. The molecule has 0 amide bonds. The fourth-order valence-corrected chi connectivity index (χ4v) is 5.20. The predicted octanol–water partition coefficient (Wildman–Crippen LogP) is 5.62. The Balaban J connectivity index is 1.98. The van der Waals surface area contributed by atoms with Gasteiger partial charge < -0.3 is 9.84 Å². The molecule has 3 aliphatic carbocycles. The molecule has 4 heteroatoms. The molecule has 0 unspecified atom stereocenters. The second-order valence-electron chi connectivity index (χ2n) is 10.0. The van der Waals surface area contributed by atoms with E-state index in [1.54, 1.807) is 0 Å². The van der Waals surface area contributed by atoms with Crippen LogP contribution in [0.15, 0.2) is 46.3 Å². The Hall–Kier alpha value is -2.10. The van der Waals surface area contributed by atoms with E-state index in [1.807, 2.05) is 39.8 Å². The first kappa shape index (κ1) is 21.6. The highest BCUT2D eigenvalue weighted by Gasteiger charge is 2.50. The number of aliphatic hydroxyl groups is 1. The van der Waals surface area contributed by atoms with Gasteiger partial charge in [-0.2, -0.15) is 0 Å². The van der Waals surface area contributed by atoms with E-state index in [1.165, 1.54) is 0 Å². The molecule has 3 rings (SSSR count). The van der Waals surface area contributed by atoms with E-state index in [2.05, 4.69) is 19.9 Å². The van der Waals surface area contributed by atoms with E-state index in [9.17, 15) is 14.7 Å². The number of aliphatic hydroxyl groups excluding tert-OH is 1. The number of rotatable bonds is 5. The van der Waals surface area contributed by atoms with Crippen LogP contribution in [0.4, 0.5) is 0 Å². The highest BCUT2D eigenvalue weighted by atomic mass is 16.5. The highest BCUT2D eigenvalue weighted by Crippen LogP contribution is 2.59. The van der Waals surface area contributed by atoms with Crippen LogP contribution in [0.2, 0.25) is 0 Å². The molecule has 0 spiro atoms. The van der Waals surface area contributed by atoms with E-state index >= 15 is 0 Å². The van der Waals surface area contributed by atoms with Crippen molar-refractivity contribution in [3.05, 3.63) is 46.3 Å². The van der Waals surface area contributed by atoms with Crippen LogP contribution < -0.4 is 0 Å². The first-order valence-electron chi connectivity index (χ1n) is 10.8. The number of Topliss-reactive ketones (excluding diaryl/α,β-unsaturated/α-hetero) is 1. The van der Waals surface area contributed by atoms with Crippen LogP contribution in [0.1, 0.15) is 67.2 Å². The van der Waals surface area contributed by atoms with Crippen LogP contribution in [0.3, 0.4) is 0 Å². The quantitative estimate of drug-likeness (QED) is 0.611. The van der Waals surface area contributed by atoms with Gasteiger partial charge in [-0.25, -0.2) is 0 Å². The highest BCUT2D eigenvalue weighted by molar-refractivity contribution is 6.10. The zero-order valence-corrected chi connectivity index (χ0v) is 18.6. The van der Waals surface area contributed by atoms with Crippen molar-refractivity contribution in [2.75, 3.05) is 6.61 Å². The van der Waals surface area contributed by atoms with Gasteiger partial charge in [-0.1, -0.05) is 65.7 Å². The number of ketones is 1. The number of ether oxygens (including phenoxy) is 1. The molecule has 0 aliphatic heterocycles. The summed E-state index contributed by atoms with van der Waals surface area (Å²) < 4.78 is 5.66. The number of fused-ring (bicyclic) bond motifs is 3. The molecular formula is C25H34O4. The van der Waals surface area contributed by atoms with Gasteiger partial charge >= 0.3 is 5.97 Å². The van der Waals surface area contributed by atoms with Gasteiger partial charge in [0, 0.05) is 28.4 Å². The third kappa shape index (κ3) is 3.74. The van der Waals surface area contributed by atoms with Crippen molar-refractivity contribution in [3.63, 3.8) is 0 Å². The lowest BCUT2D eigenvalue weighted by Gasteiger charge is -2.50. The van der Waals surface area contributed by atoms with Crippen molar-refractivity contribution in [1.82, 2.24) is 0 Å². The monoisotopic (exact) mass is 398 g/mol. The van der Waals surface area contributed by atoms with Gasteiger partial charge in [0.25, 0.3) is 0 Å². The summed E-state index contributed by atoms with van der Waals surface area (Å²) in [5.74, 6) is -0.215. The van der Waals surface area contributed by atoms with Gasteiger partial charge in [0.15, 0.2) is 5.76 Å². The molecule has 0 radical (unpaired) electrons. The molecule has 29 heavy (non-hydrogen) atoms. The second kappa shape index (κ2) is 7.62. The minimum Gasteiger partial charge on any atom is -0.504 e. The molecule has 1 fully saturated rings. The van der Waals surface area contributed by atoms with Crippen molar-refractivity contribution in [1.29, 1.82) is 0 Å². The van der Waals surface area contributed by atoms with Crippen LogP contribution in [0.5, 0.6) is 0 Å². The van der Waals surface area contributed by atoms with Crippen LogP contribution in [0.25, 0.3) is 0 Å². The number of esters is 1. The molecular weight excluding hydrogens is 364 g/mol. The Bertz CT molecular complexity index is 852. The van der Waals surface area contributed by atoms with Crippen molar-refractivity contribution in [3.8, 4) is 0 Å². The maximum Gasteiger partial charge on any atom is 0.306 e. The Morgan fingerprint density at radius 3 is 2.48 bits per heavy atom. The number of hydrogen-bond acceptors (Lipinski definition) is 4. The SMILES string of the molecule is CC(C)CC(=O)OC[C@@]1(C)CCC[C@@]2(C)C1=CC=C1C=C(C(C)C)C(=O)C(O)=C12. The van der Waals surface area contributed by atoms with E-state index in [0.717, 1.165) is 36.0 Å². The van der Waals surface area contributed by atoms with E-state index in [0.29, 0.717) is 18.6 Å². The summed E-state index contributed by atoms with van der Waals surface area (Å²) in [7, 11) is 0.